The van der Waals surface area contributed by atoms with E-state index in [1.54, 1.807) is 12.1 Å². The van der Waals surface area contributed by atoms with Gasteiger partial charge in [-0.15, -0.1) is 0 Å². The molecule has 0 bridgehead atoms. The van der Waals surface area contributed by atoms with Gasteiger partial charge in [-0.3, -0.25) is 14.5 Å². The first-order valence-corrected chi connectivity index (χ1v) is 10.6. The molecule has 0 unspecified atom stereocenters. The molecule has 2 aromatic heterocycles. The molecular formula is C23H24N4O4. The van der Waals surface area contributed by atoms with Crippen LogP contribution >= 0.6 is 0 Å². The number of furan rings is 1. The highest BCUT2D eigenvalue weighted by molar-refractivity contribution is 6.04. The second-order valence-electron chi connectivity index (χ2n) is 8.12. The molecule has 3 aromatic rings. The van der Waals surface area contributed by atoms with E-state index >= 15 is 0 Å². The van der Waals surface area contributed by atoms with E-state index < -0.39 is 12.1 Å². The number of amides is 4. The van der Waals surface area contributed by atoms with Crippen LogP contribution in [-0.4, -0.2) is 33.8 Å². The summed E-state index contributed by atoms with van der Waals surface area (Å²) in [4.78, 5) is 42.0. The summed E-state index contributed by atoms with van der Waals surface area (Å²) >= 11 is 0. The van der Waals surface area contributed by atoms with Gasteiger partial charge in [-0.2, -0.15) is 0 Å². The number of fused-ring (bicyclic) bond motifs is 3. The number of benzene rings is 1. The van der Waals surface area contributed by atoms with Crippen molar-refractivity contribution in [3.05, 3.63) is 59.7 Å². The van der Waals surface area contributed by atoms with E-state index in [9.17, 15) is 14.4 Å². The van der Waals surface area contributed by atoms with Gasteiger partial charge in [-0.1, -0.05) is 18.2 Å². The summed E-state index contributed by atoms with van der Waals surface area (Å²) in [5.41, 5.74) is 3.44. The molecule has 1 aliphatic carbocycles. The highest BCUT2D eigenvalue weighted by Gasteiger charge is 2.38. The van der Waals surface area contributed by atoms with E-state index in [2.05, 4.69) is 27.8 Å². The Balaban J connectivity index is 1.19. The Morgan fingerprint density at radius 2 is 2.06 bits per heavy atom. The summed E-state index contributed by atoms with van der Waals surface area (Å²) in [6.45, 7) is 0.0889. The molecule has 8 heteroatoms. The van der Waals surface area contributed by atoms with Gasteiger partial charge in [-0.05, 0) is 49.4 Å². The van der Waals surface area contributed by atoms with Crippen LogP contribution in [0.1, 0.15) is 48.7 Å². The van der Waals surface area contributed by atoms with Crippen LogP contribution in [0.5, 0.6) is 0 Å². The van der Waals surface area contributed by atoms with Crippen LogP contribution in [0.25, 0.3) is 10.9 Å². The van der Waals surface area contributed by atoms with Crippen LogP contribution < -0.4 is 10.6 Å². The number of para-hydroxylation sites is 1. The Morgan fingerprint density at radius 3 is 2.90 bits per heavy atom. The first-order valence-electron chi connectivity index (χ1n) is 10.6. The zero-order valence-corrected chi connectivity index (χ0v) is 17.0. The number of aromatic nitrogens is 1. The largest absolute Gasteiger partial charge is 0.467 e. The van der Waals surface area contributed by atoms with E-state index in [0.29, 0.717) is 5.76 Å². The third-order valence-electron chi connectivity index (χ3n) is 6.11. The Bertz CT molecular complexity index is 1130. The monoisotopic (exact) mass is 420 g/mol. The smallest absolute Gasteiger partial charge is 0.325 e. The standard InChI is InChI=1S/C23H24N4O4/c28-20(11-10-19-22(29)27(23(30)26-19)13-14-5-4-12-31-14)24-18-9-3-7-16-15-6-1-2-8-17(15)25-21(16)18/h1-2,4-6,8,12,18-19,25H,3,7,9-11,13H2,(H,24,28)(H,26,30)/t18-,19+/m0/s1. The van der Waals surface area contributed by atoms with E-state index in [1.165, 1.54) is 17.2 Å². The number of urea groups is 1. The van der Waals surface area contributed by atoms with E-state index in [-0.39, 0.29) is 37.2 Å². The summed E-state index contributed by atoms with van der Waals surface area (Å²) in [6.07, 6.45) is 4.81. The van der Waals surface area contributed by atoms with Gasteiger partial charge in [0.25, 0.3) is 5.91 Å². The van der Waals surface area contributed by atoms with Crippen LogP contribution in [0.4, 0.5) is 4.79 Å². The maximum absolute atomic E-state index is 12.6. The minimum Gasteiger partial charge on any atom is -0.467 e. The van der Waals surface area contributed by atoms with Crippen molar-refractivity contribution in [2.75, 3.05) is 0 Å². The van der Waals surface area contributed by atoms with Crippen LogP contribution in [-0.2, 0) is 22.6 Å². The number of hydrogen-bond acceptors (Lipinski definition) is 4. The number of aromatic amines is 1. The third-order valence-corrected chi connectivity index (χ3v) is 6.11. The quantitative estimate of drug-likeness (QED) is 0.533. The molecule has 3 heterocycles. The fraction of sp³-hybridized carbons (Fsp3) is 0.348. The fourth-order valence-electron chi connectivity index (χ4n) is 4.58. The van der Waals surface area contributed by atoms with Gasteiger partial charge < -0.3 is 20.0 Å². The lowest BCUT2D eigenvalue weighted by molar-refractivity contribution is -0.128. The van der Waals surface area contributed by atoms with Crippen LogP contribution in [0.15, 0.2) is 47.1 Å². The molecule has 4 amide bonds. The topological polar surface area (TPSA) is 107 Å². The van der Waals surface area contributed by atoms with Crippen molar-refractivity contribution >= 4 is 28.7 Å². The number of nitrogens with one attached hydrogen (secondary N) is 3. The molecule has 3 N–H and O–H groups in total. The number of aryl methyl sites for hydroxylation is 1. The van der Waals surface area contributed by atoms with Crippen LogP contribution in [0.3, 0.4) is 0 Å². The maximum Gasteiger partial charge on any atom is 0.325 e. The number of carbonyl (C=O) groups is 3. The fourth-order valence-corrected chi connectivity index (χ4v) is 4.58. The van der Waals surface area contributed by atoms with Crippen LogP contribution in [0.2, 0.25) is 0 Å². The molecule has 8 nitrogen and oxygen atoms in total. The van der Waals surface area contributed by atoms with Crippen molar-refractivity contribution in [3.8, 4) is 0 Å². The molecule has 0 saturated carbocycles. The van der Waals surface area contributed by atoms with Gasteiger partial charge in [0.2, 0.25) is 5.91 Å². The van der Waals surface area contributed by atoms with Gasteiger partial charge in [0.15, 0.2) is 0 Å². The third kappa shape index (κ3) is 3.69. The Morgan fingerprint density at radius 1 is 1.19 bits per heavy atom. The highest BCUT2D eigenvalue weighted by atomic mass is 16.3. The predicted octanol–water partition coefficient (Wildman–Crippen LogP) is 3.16. The molecule has 0 spiro atoms. The first kappa shape index (κ1) is 19.4. The number of rotatable bonds is 6. The SMILES string of the molecule is O=C(CC[C@H]1NC(=O)N(Cc2ccco2)C1=O)N[C@H]1CCCc2c1[nH]c1ccccc21. The van der Waals surface area contributed by atoms with E-state index in [4.69, 9.17) is 4.42 Å². The summed E-state index contributed by atoms with van der Waals surface area (Å²) < 4.78 is 5.22. The van der Waals surface area contributed by atoms with Crippen molar-refractivity contribution < 1.29 is 18.8 Å². The average Bonchev–Trinajstić information content (AvgIpc) is 3.48. The maximum atomic E-state index is 12.6. The van der Waals surface area contributed by atoms with Gasteiger partial charge in [-0.25, -0.2) is 4.79 Å². The molecule has 160 valence electrons. The predicted molar refractivity (Wildman–Crippen MR) is 113 cm³/mol. The molecule has 1 fully saturated rings. The van der Waals surface area contributed by atoms with Gasteiger partial charge in [0.1, 0.15) is 11.8 Å². The first-order chi connectivity index (χ1) is 15.1. The second kappa shape index (κ2) is 7.94. The number of hydrogen-bond donors (Lipinski definition) is 3. The summed E-state index contributed by atoms with van der Waals surface area (Å²) in [5, 5.41) is 6.99. The van der Waals surface area contributed by atoms with E-state index in [0.717, 1.165) is 35.4 Å². The number of carbonyl (C=O) groups excluding carboxylic acids is 3. The van der Waals surface area contributed by atoms with Crippen molar-refractivity contribution in [1.82, 2.24) is 20.5 Å². The van der Waals surface area contributed by atoms with E-state index in [1.807, 2.05) is 12.1 Å². The molecule has 5 rings (SSSR count). The number of H-pyrrole nitrogens is 1. The van der Waals surface area contributed by atoms with Gasteiger partial charge in [0.05, 0.1) is 18.8 Å². The van der Waals surface area contributed by atoms with Crippen LogP contribution in [0, 0.1) is 0 Å². The van der Waals surface area contributed by atoms with Gasteiger partial charge >= 0.3 is 6.03 Å². The van der Waals surface area contributed by atoms with Crippen molar-refractivity contribution in [3.63, 3.8) is 0 Å². The van der Waals surface area contributed by atoms with Gasteiger partial charge in [0, 0.05) is 23.0 Å². The lowest BCUT2D eigenvalue weighted by Crippen LogP contribution is -2.34. The Labute approximate surface area is 179 Å². The second-order valence-corrected chi connectivity index (χ2v) is 8.12. The lowest BCUT2D eigenvalue weighted by atomic mass is 9.91. The Hall–Kier alpha value is -3.55. The Kier molecular flexibility index (Phi) is 4.97. The zero-order valence-electron chi connectivity index (χ0n) is 17.0. The molecule has 1 aromatic carbocycles. The number of nitrogens with zero attached hydrogens (tertiary/aromatic N) is 1. The molecule has 1 saturated heterocycles. The van der Waals surface area contributed by atoms with Crippen molar-refractivity contribution in [2.45, 2.75) is 50.7 Å². The minimum absolute atomic E-state index is 0.0621. The normalized spacial score (nSPS) is 20.7. The summed E-state index contributed by atoms with van der Waals surface area (Å²) in [7, 11) is 0. The average molecular weight is 420 g/mol. The van der Waals surface area contributed by atoms with Crippen molar-refractivity contribution in [2.24, 2.45) is 0 Å². The molecule has 31 heavy (non-hydrogen) atoms. The highest BCUT2D eigenvalue weighted by Crippen LogP contribution is 2.34. The summed E-state index contributed by atoms with van der Waals surface area (Å²) in [6, 6.07) is 10.4. The molecule has 2 atom stereocenters. The molecule has 2 aliphatic rings. The minimum atomic E-state index is -0.691. The van der Waals surface area contributed by atoms with Crippen molar-refractivity contribution in [1.29, 1.82) is 0 Å². The molecular weight excluding hydrogens is 396 g/mol. The zero-order chi connectivity index (χ0) is 21.4. The lowest BCUT2D eigenvalue weighted by Gasteiger charge is -2.24. The molecule has 1 aliphatic heterocycles. The summed E-state index contributed by atoms with van der Waals surface area (Å²) in [5.74, 6) is 0.0844. The molecule has 0 radical (unpaired) electrons. The number of imide groups is 1.